The molecule has 0 fully saturated rings. The predicted octanol–water partition coefficient (Wildman–Crippen LogP) is 3.73. The highest BCUT2D eigenvalue weighted by atomic mass is 16.6. The monoisotopic (exact) mass is 254 g/mol. The van der Waals surface area contributed by atoms with Gasteiger partial charge in [-0.1, -0.05) is 24.3 Å². The third-order valence-corrected chi connectivity index (χ3v) is 2.98. The van der Waals surface area contributed by atoms with Crippen LogP contribution in [0.25, 0.3) is 5.57 Å². The van der Waals surface area contributed by atoms with Crippen molar-refractivity contribution in [3.05, 3.63) is 63.9 Å². The largest absolute Gasteiger partial charge is 0.433 e. The van der Waals surface area contributed by atoms with Gasteiger partial charge in [0.05, 0.1) is 11.8 Å². The summed E-state index contributed by atoms with van der Waals surface area (Å²) in [5.41, 5.74) is 3.43. The molecule has 0 saturated carbocycles. The third kappa shape index (κ3) is 1.76. The molecule has 0 bridgehead atoms. The number of nitro groups is 1. The van der Waals surface area contributed by atoms with Gasteiger partial charge in [0.1, 0.15) is 10.6 Å². The molecule has 2 heterocycles. The molecule has 5 heteroatoms. The fraction of sp³-hybridized carbons (Fsp3) is 0.0714. The first-order valence-electron chi connectivity index (χ1n) is 5.80. The predicted molar refractivity (Wildman–Crippen MR) is 71.7 cm³/mol. The summed E-state index contributed by atoms with van der Waals surface area (Å²) in [4.78, 5) is 14.6. The van der Waals surface area contributed by atoms with Gasteiger partial charge in [0, 0.05) is 11.1 Å². The number of hydrogen-bond donors (Lipinski definition) is 0. The average molecular weight is 254 g/mol. The van der Waals surface area contributed by atoms with Gasteiger partial charge in [0.15, 0.2) is 5.76 Å². The summed E-state index contributed by atoms with van der Waals surface area (Å²) in [5.74, 6) is 0.139. The van der Waals surface area contributed by atoms with Crippen LogP contribution in [0.2, 0.25) is 0 Å². The van der Waals surface area contributed by atoms with E-state index in [9.17, 15) is 10.1 Å². The second kappa shape index (κ2) is 4.20. The molecule has 0 spiro atoms. The molecule has 1 aliphatic rings. The Morgan fingerprint density at radius 2 is 2.05 bits per heavy atom. The first-order valence-corrected chi connectivity index (χ1v) is 5.80. The maximum atomic E-state index is 10.7. The van der Waals surface area contributed by atoms with E-state index in [1.165, 1.54) is 6.07 Å². The molecule has 1 aromatic heterocycles. The van der Waals surface area contributed by atoms with Crippen molar-refractivity contribution in [2.24, 2.45) is 4.99 Å². The van der Waals surface area contributed by atoms with Gasteiger partial charge in [0.2, 0.25) is 0 Å². The van der Waals surface area contributed by atoms with Crippen LogP contribution in [0.15, 0.2) is 51.9 Å². The lowest BCUT2D eigenvalue weighted by Gasteiger charge is -2.00. The van der Waals surface area contributed by atoms with Crippen molar-refractivity contribution in [3.8, 4) is 0 Å². The summed E-state index contributed by atoms with van der Waals surface area (Å²) in [6.45, 7) is 1.91. The molecule has 1 aromatic carbocycles. The maximum absolute atomic E-state index is 10.7. The lowest BCUT2D eigenvalue weighted by atomic mass is 10.0. The van der Waals surface area contributed by atoms with Crippen LogP contribution in [0.3, 0.4) is 0 Å². The Morgan fingerprint density at radius 1 is 1.26 bits per heavy atom. The van der Waals surface area contributed by atoms with Gasteiger partial charge >= 0.3 is 5.88 Å². The number of allylic oxidation sites excluding steroid dienone is 2. The number of benzene rings is 1. The van der Waals surface area contributed by atoms with Crippen molar-refractivity contribution in [1.82, 2.24) is 0 Å². The van der Waals surface area contributed by atoms with E-state index in [0.29, 0.717) is 11.5 Å². The number of nitrogens with zero attached hydrogens (tertiary/aromatic N) is 2. The number of aliphatic imine (C=N–C) groups is 1. The van der Waals surface area contributed by atoms with Crippen molar-refractivity contribution in [2.45, 2.75) is 6.92 Å². The van der Waals surface area contributed by atoms with Crippen LogP contribution >= 0.6 is 0 Å². The van der Waals surface area contributed by atoms with Gasteiger partial charge in [-0.2, -0.15) is 0 Å². The highest BCUT2D eigenvalue weighted by Gasteiger charge is 2.25. The highest BCUT2D eigenvalue weighted by Crippen LogP contribution is 2.37. The molecule has 5 nitrogen and oxygen atoms in total. The maximum Gasteiger partial charge on any atom is 0.433 e. The Hall–Kier alpha value is -2.69. The van der Waals surface area contributed by atoms with Gasteiger partial charge in [-0.3, -0.25) is 10.1 Å². The van der Waals surface area contributed by atoms with Crippen molar-refractivity contribution >= 4 is 22.9 Å². The zero-order valence-corrected chi connectivity index (χ0v) is 10.2. The first kappa shape index (κ1) is 11.4. The topological polar surface area (TPSA) is 68.6 Å². The minimum Gasteiger partial charge on any atom is -0.399 e. The van der Waals surface area contributed by atoms with E-state index >= 15 is 0 Å². The number of rotatable bonds is 2. The van der Waals surface area contributed by atoms with E-state index in [2.05, 4.69) is 4.99 Å². The fourth-order valence-corrected chi connectivity index (χ4v) is 2.14. The van der Waals surface area contributed by atoms with Crippen molar-refractivity contribution in [3.63, 3.8) is 0 Å². The fourth-order valence-electron chi connectivity index (χ4n) is 2.14. The molecule has 3 rings (SSSR count). The molecule has 94 valence electrons. The molecular formula is C14H10N2O3. The van der Waals surface area contributed by atoms with Gasteiger partial charge in [-0.05, 0) is 19.1 Å². The van der Waals surface area contributed by atoms with Gasteiger partial charge in [0.25, 0.3) is 0 Å². The Morgan fingerprint density at radius 3 is 2.74 bits per heavy atom. The zero-order chi connectivity index (χ0) is 13.4. The summed E-state index contributed by atoms with van der Waals surface area (Å²) in [5, 5.41) is 10.7. The summed E-state index contributed by atoms with van der Waals surface area (Å²) in [7, 11) is 0. The minimum atomic E-state index is -0.554. The summed E-state index contributed by atoms with van der Waals surface area (Å²) < 4.78 is 5.22. The molecule has 0 saturated heterocycles. The van der Waals surface area contributed by atoms with Gasteiger partial charge in [-0.25, -0.2) is 4.99 Å². The Kier molecular flexibility index (Phi) is 2.52. The van der Waals surface area contributed by atoms with Crippen LogP contribution in [0, 0.1) is 10.1 Å². The van der Waals surface area contributed by atoms with Crippen molar-refractivity contribution < 1.29 is 9.34 Å². The van der Waals surface area contributed by atoms with Crippen molar-refractivity contribution in [2.75, 3.05) is 0 Å². The molecule has 1 aliphatic heterocycles. The molecule has 0 unspecified atom stereocenters. The number of para-hydroxylation sites is 1. The van der Waals surface area contributed by atoms with Gasteiger partial charge < -0.3 is 4.42 Å². The SMILES string of the molecule is C/C=C1/C(c2ccc([N+](=O)[O-])o2)=Nc2ccccc21. The summed E-state index contributed by atoms with van der Waals surface area (Å²) in [6.07, 6.45) is 1.93. The van der Waals surface area contributed by atoms with E-state index in [1.807, 2.05) is 37.3 Å². The quantitative estimate of drug-likeness (QED) is 0.605. The van der Waals surface area contributed by atoms with Crippen LogP contribution in [0.4, 0.5) is 11.6 Å². The molecular weight excluding hydrogens is 244 g/mol. The first-order chi connectivity index (χ1) is 9.20. The second-order valence-electron chi connectivity index (χ2n) is 4.07. The van der Waals surface area contributed by atoms with Gasteiger partial charge in [-0.15, -0.1) is 0 Å². The molecule has 19 heavy (non-hydrogen) atoms. The lowest BCUT2D eigenvalue weighted by Crippen LogP contribution is -1.97. The molecule has 0 N–H and O–H groups in total. The van der Waals surface area contributed by atoms with E-state index < -0.39 is 4.92 Å². The standard InChI is InChI=1S/C14H10N2O3/c1-2-9-10-5-3-4-6-11(10)15-14(9)12-7-8-13(19-12)16(17)18/h2-8H,1H3/b9-2+. The summed E-state index contributed by atoms with van der Waals surface area (Å²) >= 11 is 0. The number of furan rings is 1. The molecule has 0 radical (unpaired) electrons. The Bertz CT molecular complexity index is 726. The highest BCUT2D eigenvalue weighted by molar-refractivity contribution is 6.35. The smallest absolute Gasteiger partial charge is 0.399 e. The Labute approximate surface area is 109 Å². The second-order valence-corrected chi connectivity index (χ2v) is 4.07. The lowest BCUT2D eigenvalue weighted by molar-refractivity contribution is -0.402. The van der Waals surface area contributed by atoms with Crippen LogP contribution in [0.5, 0.6) is 0 Å². The van der Waals surface area contributed by atoms with E-state index in [-0.39, 0.29) is 5.88 Å². The van der Waals surface area contributed by atoms with Crippen molar-refractivity contribution in [1.29, 1.82) is 0 Å². The molecule has 0 aliphatic carbocycles. The summed E-state index contributed by atoms with van der Waals surface area (Å²) in [6, 6.07) is 10.6. The van der Waals surface area contributed by atoms with E-state index in [0.717, 1.165) is 16.8 Å². The van der Waals surface area contributed by atoms with Crippen LogP contribution in [-0.2, 0) is 0 Å². The van der Waals surface area contributed by atoms with E-state index in [4.69, 9.17) is 4.42 Å². The van der Waals surface area contributed by atoms with E-state index in [1.54, 1.807) is 6.07 Å². The third-order valence-electron chi connectivity index (χ3n) is 2.98. The number of fused-ring (bicyclic) bond motifs is 1. The number of hydrogen-bond acceptors (Lipinski definition) is 4. The minimum absolute atomic E-state index is 0.274. The van der Waals surface area contributed by atoms with Crippen LogP contribution < -0.4 is 0 Å². The Balaban J connectivity index is 2.09. The van der Waals surface area contributed by atoms with Crippen LogP contribution in [-0.4, -0.2) is 10.6 Å². The molecule has 0 atom stereocenters. The molecule has 2 aromatic rings. The molecule has 0 amide bonds. The zero-order valence-electron chi connectivity index (χ0n) is 10.2. The van der Waals surface area contributed by atoms with Crippen LogP contribution in [0.1, 0.15) is 18.2 Å². The average Bonchev–Trinajstić information content (AvgIpc) is 3.02. The normalized spacial score (nSPS) is 15.4.